The van der Waals surface area contributed by atoms with Crippen LogP contribution >= 0.6 is 11.3 Å². The summed E-state index contributed by atoms with van der Waals surface area (Å²) >= 11 is 1.84. The van der Waals surface area contributed by atoms with E-state index in [9.17, 15) is 0 Å². The molecule has 82 valence electrons. The standard InChI is InChI=1S/C11H12N4S/c12-10-1-2-11(14-13-10)15-5-3-9-8(7-15)4-6-16-9/h1-2,4,6H,3,5,7H2,(H2,12,13). The van der Waals surface area contributed by atoms with Gasteiger partial charge in [0.1, 0.15) is 5.82 Å². The lowest BCUT2D eigenvalue weighted by molar-refractivity contribution is 0.724. The van der Waals surface area contributed by atoms with E-state index in [0.29, 0.717) is 5.82 Å². The van der Waals surface area contributed by atoms with Gasteiger partial charge in [-0.2, -0.15) is 0 Å². The molecule has 0 amide bonds. The van der Waals surface area contributed by atoms with Crippen LogP contribution in [0.3, 0.4) is 0 Å². The van der Waals surface area contributed by atoms with Crippen LogP contribution in [0.15, 0.2) is 23.6 Å². The molecule has 0 saturated heterocycles. The van der Waals surface area contributed by atoms with E-state index in [-0.39, 0.29) is 0 Å². The number of hydrogen-bond donors (Lipinski definition) is 1. The zero-order valence-corrected chi connectivity index (χ0v) is 9.57. The monoisotopic (exact) mass is 232 g/mol. The highest BCUT2D eigenvalue weighted by molar-refractivity contribution is 7.10. The number of thiophene rings is 1. The number of nitrogens with zero attached hydrogens (tertiary/aromatic N) is 3. The van der Waals surface area contributed by atoms with Crippen LogP contribution in [0.1, 0.15) is 10.4 Å². The number of anilines is 2. The van der Waals surface area contributed by atoms with Crippen molar-refractivity contribution in [2.45, 2.75) is 13.0 Å². The Morgan fingerprint density at radius 1 is 1.25 bits per heavy atom. The lowest BCUT2D eigenvalue weighted by Crippen LogP contribution is -2.30. The zero-order chi connectivity index (χ0) is 11.0. The van der Waals surface area contributed by atoms with Crippen LogP contribution in [-0.2, 0) is 13.0 Å². The van der Waals surface area contributed by atoms with E-state index < -0.39 is 0 Å². The topological polar surface area (TPSA) is 55.0 Å². The molecule has 0 fully saturated rings. The third kappa shape index (κ3) is 1.63. The second-order valence-electron chi connectivity index (χ2n) is 3.86. The first-order valence-electron chi connectivity index (χ1n) is 5.22. The molecule has 16 heavy (non-hydrogen) atoms. The van der Waals surface area contributed by atoms with Gasteiger partial charge in [0, 0.05) is 18.0 Å². The fourth-order valence-electron chi connectivity index (χ4n) is 1.95. The van der Waals surface area contributed by atoms with Crippen LogP contribution in [-0.4, -0.2) is 16.7 Å². The van der Waals surface area contributed by atoms with Crippen molar-refractivity contribution in [1.29, 1.82) is 0 Å². The van der Waals surface area contributed by atoms with Crippen molar-refractivity contribution in [3.8, 4) is 0 Å². The predicted molar refractivity (Wildman–Crippen MR) is 65.5 cm³/mol. The number of hydrogen-bond acceptors (Lipinski definition) is 5. The Morgan fingerprint density at radius 3 is 3.00 bits per heavy atom. The Balaban J connectivity index is 1.86. The summed E-state index contributed by atoms with van der Waals surface area (Å²) in [5.74, 6) is 1.38. The van der Waals surface area contributed by atoms with Gasteiger partial charge in [0.05, 0.1) is 0 Å². The average Bonchev–Trinajstić information content (AvgIpc) is 2.77. The molecule has 0 spiro atoms. The van der Waals surface area contributed by atoms with Crippen molar-refractivity contribution in [1.82, 2.24) is 10.2 Å². The number of fused-ring (bicyclic) bond motifs is 1. The number of rotatable bonds is 1. The van der Waals surface area contributed by atoms with Gasteiger partial charge < -0.3 is 10.6 Å². The molecule has 3 heterocycles. The van der Waals surface area contributed by atoms with Crippen LogP contribution < -0.4 is 10.6 Å². The van der Waals surface area contributed by atoms with Crippen LogP contribution in [0.2, 0.25) is 0 Å². The van der Waals surface area contributed by atoms with Crippen molar-refractivity contribution in [3.05, 3.63) is 34.0 Å². The summed E-state index contributed by atoms with van der Waals surface area (Å²) in [6.45, 7) is 1.93. The minimum atomic E-state index is 0.469. The average molecular weight is 232 g/mol. The Bertz CT molecular complexity index is 491. The lowest BCUT2D eigenvalue weighted by Gasteiger charge is -2.27. The van der Waals surface area contributed by atoms with E-state index in [1.54, 1.807) is 6.07 Å². The van der Waals surface area contributed by atoms with E-state index in [1.807, 2.05) is 17.4 Å². The first-order valence-corrected chi connectivity index (χ1v) is 6.10. The molecule has 4 nitrogen and oxygen atoms in total. The summed E-state index contributed by atoms with van der Waals surface area (Å²) in [6, 6.07) is 5.92. The van der Waals surface area contributed by atoms with E-state index >= 15 is 0 Å². The highest BCUT2D eigenvalue weighted by atomic mass is 32.1. The van der Waals surface area contributed by atoms with Crippen LogP contribution in [0.5, 0.6) is 0 Å². The van der Waals surface area contributed by atoms with Crippen LogP contribution in [0.4, 0.5) is 11.6 Å². The van der Waals surface area contributed by atoms with Gasteiger partial charge in [0.25, 0.3) is 0 Å². The summed E-state index contributed by atoms with van der Waals surface area (Å²) in [5.41, 5.74) is 6.94. The van der Waals surface area contributed by atoms with Crippen LogP contribution in [0.25, 0.3) is 0 Å². The highest BCUT2D eigenvalue weighted by Crippen LogP contribution is 2.26. The maximum absolute atomic E-state index is 5.53. The van der Waals surface area contributed by atoms with Gasteiger partial charge in [-0.1, -0.05) is 0 Å². The molecule has 2 aromatic heterocycles. The van der Waals surface area contributed by atoms with Crippen LogP contribution in [0, 0.1) is 0 Å². The molecule has 0 saturated carbocycles. The normalized spacial score (nSPS) is 14.9. The third-order valence-corrected chi connectivity index (χ3v) is 3.83. The van der Waals surface area contributed by atoms with E-state index in [1.165, 1.54) is 10.4 Å². The minimum absolute atomic E-state index is 0.469. The van der Waals surface area contributed by atoms with Crippen molar-refractivity contribution < 1.29 is 0 Å². The Kier molecular flexibility index (Phi) is 2.25. The van der Waals surface area contributed by atoms with Gasteiger partial charge in [0.15, 0.2) is 5.82 Å². The molecule has 0 atom stereocenters. The van der Waals surface area contributed by atoms with Gasteiger partial charge in [0.2, 0.25) is 0 Å². The Morgan fingerprint density at radius 2 is 2.19 bits per heavy atom. The quantitative estimate of drug-likeness (QED) is 0.812. The molecule has 0 aromatic carbocycles. The Labute approximate surface area is 97.7 Å². The molecule has 2 N–H and O–H groups in total. The highest BCUT2D eigenvalue weighted by Gasteiger charge is 2.18. The SMILES string of the molecule is Nc1ccc(N2CCc3sccc3C2)nn1. The number of nitrogen functional groups attached to an aromatic ring is 1. The summed E-state index contributed by atoms with van der Waals surface area (Å²) in [7, 11) is 0. The molecule has 1 aliphatic rings. The van der Waals surface area contributed by atoms with E-state index in [4.69, 9.17) is 5.73 Å². The van der Waals surface area contributed by atoms with Crippen molar-refractivity contribution in [2.24, 2.45) is 0 Å². The first kappa shape index (κ1) is 9.59. The lowest BCUT2D eigenvalue weighted by atomic mass is 10.1. The van der Waals surface area contributed by atoms with Gasteiger partial charge in [-0.25, -0.2) is 0 Å². The fourth-order valence-corrected chi connectivity index (χ4v) is 2.84. The van der Waals surface area contributed by atoms with E-state index in [2.05, 4.69) is 26.5 Å². The number of aromatic nitrogens is 2. The minimum Gasteiger partial charge on any atom is -0.382 e. The largest absolute Gasteiger partial charge is 0.382 e. The second-order valence-corrected chi connectivity index (χ2v) is 4.86. The molecule has 0 bridgehead atoms. The fraction of sp³-hybridized carbons (Fsp3) is 0.273. The summed E-state index contributed by atoms with van der Waals surface area (Å²) in [5, 5.41) is 10.2. The zero-order valence-electron chi connectivity index (χ0n) is 8.76. The molecule has 3 rings (SSSR count). The van der Waals surface area contributed by atoms with Crippen molar-refractivity contribution in [2.75, 3.05) is 17.2 Å². The molecule has 1 aliphatic heterocycles. The van der Waals surface area contributed by atoms with Gasteiger partial charge in [-0.15, -0.1) is 21.5 Å². The predicted octanol–water partition coefficient (Wildman–Crippen LogP) is 1.68. The second kappa shape index (κ2) is 3.75. The number of nitrogens with two attached hydrogens (primary N) is 1. The maximum atomic E-state index is 5.53. The molecule has 2 aromatic rings. The van der Waals surface area contributed by atoms with Crippen molar-refractivity contribution >= 4 is 23.0 Å². The smallest absolute Gasteiger partial charge is 0.151 e. The molecular weight excluding hydrogens is 220 g/mol. The van der Waals surface area contributed by atoms with Gasteiger partial charge in [-0.3, -0.25) is 0 Å². The molecule has 0 unspecified atom stereocenters. The third-order valence-electron chi connectivity index (χ3n) is 2.80. The molecule has 0 radical (unpaired) electrons. The molecular formula is C11H12N4S. The maximum Gasteiger partial charge on any atom is 0.151 e. The summed E-state index contributed by atoms with van der Waals surface area (Å²) in [6.07, 6.45) is 1.10. The van der Waals surface area contributed by atoms with E-state index in [0.717, 1.165) is 25.3 Å². The van der Waals surface area contributed by atoms with Gasteiger partial charge in [-0.05, 0) is 35.6 Å². The Hall–Kier alpha value is -1.62. The van der Waals surface area contributed by atoms with Gasteiger partial charge >= 0.3 is 0 Å². The molecule has 0 aliphatic carbocycles. The summed E-state index contributed by atoms with van der Waals surface area (Å²) < 4.78 is 0. The van der Waals surface area contributed by atoms with Crippen molar-refractivity contribution in [3.63, 3.8) is 0 Å². The molecule has 5 heteroatoms. The summed E-state index contributed by atoms with van der Waals surface area (Å²) in [4.78, 5) is 3.74. The first-order chi connectivity index (χ1) is 7.83.